The molecule has 0 saturated carbocycles. The Morgan fingerprint density at radius 3 is 2.37 bits per heavy atom. The number of carbonyl (C=O) groups excluding carboxylic acids is 2. The number of aromatic nitrogens is 1. The van der Waals surface area contributed by atoms with Crippen molar-refractivity contribution in [2.45, 2.75) is 18.4 Å². The Kier molecular flexibility index (Phi) is 8.13. The minimum Gasteiger partial charge on any atom is -0.495 e. The molecule has 4 aromatic rings. The molecule has 4 rings (SSSR count). The van der Waals surface area contributed by atoms with E-state index in [2.05, 4.69) is 9.71 Å². The fourth-order valence-electron chi connectivity index (χ4n) is 3.70. The zero-order valence-corrected chi connectivity index (χ0v) is 22.5. The summed E-state index contributed by atoms with van der Waals surface area (Å²) in [7, 11) is -0.834. The predicted octanol–water partition coefficient (Wildman–Crippen LogP) is 3.83. The molecule has 12 heteroatoms. The topological polar surface area (TPSA) is 125 Å². The fraction of sp³-hybridized carbons (Fsp3) is 0.192. The SMILES string of the molecule is CCOC(=O)Cn1c(=NC(=O)c2cccc(NS(=O)(=O)c3ccccc3)c2)sc2c(OC)ccc(OC)c21. The van der Waals surface area contributed by atoms with Gasteiger partial charge < -0.3 is 18.8 Å². The summed E-state index contributed by atoms with van der Waals surface area (Å²) in [6.45, 7) is 1.69. The molecule has 0 fully saturated rings. The molecule has 0 spiro atoms. The molecule has 1 aromatic heterocycles. The van der Waals surface area contributed by atoms with Crippen LogP contribution in [0.1, 0.15) is 17.3 Å². The van der Waals surface area contributed by atoms with Crippen molar-refractivity contribution in [2.24, 2.45) is 4.99 Å². The summed E-state index contributed by atoms with van der Waals surface area (Å²) in [6.07, 6.45) is 0. The average Bonchev–Trinajstić information content (AvgIpc) is 3.26. The van der Waals surface area contributed by atoms with E-state index < -0.39 is 21.9 Å². The third kappa shape index (κ3) is 5.71. The van der Waals surface area contributed by atoms with Gasteiger partial charge in [0, 0.05) is 11.3 Å². The number of ether oxygens (including phenoxy) is 3. The summed E-state index contributed by atoms with van der Waals surface area (Å²) < 4.78 is 46.1. The van der Waals surface area contributed by atoms with E-state index in [1.54, 1.807) is 47.9 Å². The number of hydrogen-bond acceptors (Lipinski definition) is 8. The van der Waals surface area contributed by atoms with Crippen molar-refractivity contribution < 1.29 is 32.2 Å². The minimum atomic E-state index is -3.85. The number of methoxy groups -OCH3 is 2. The first-order chi connectivity index (χ1) is 18.3. The van der Waals surface area contributed by atoms with Crippen molar-refractivity contribution >= 4 is 49.1 Å². The first-order valence-electron chi connectivity index (χ1n) is 11.4. The molecule has 1 amide bonds. The molecule has 0 aliphatic heterocycles. The molecule has 0 radical (unpaired) electrons. The first-order valence-corrected chi connectivity index (χ1v) is 13.7. The zero-order valence-electron chi connectivity index (χ0n) is 20.8. The summed E-state index contributed by atoms with van der Waals surface area (Å²) in [6, 6.07) is 17.3. The molecule has 0 unspecified atom stereocenters. The van der Waals surface area contributed by atoms with Gasteiger partial charge in [-0.2, -0.15) is 4.99 Å². The number of thiazole rings is 1. The van der Waals surface area contributed by atoms with Crippen molar-refractivity contribution in [3.05, 3.63) is 77.1 Å². The lowest BCUT2D eigenvalue weighted by Crippen LogP contribution is -2.23. The number of nitrogens with one attached hydrogen (secondary N) is 1. The summed E-state index contributed by atoms with van der Waals surface area (Å²) in [5, 5.41) is 0. The molecule has 38 heavy (non-hydrogen) atoms. The van der Waals surface area contributed by atoms with Gasteiger partial charge in [-0.15, -0.1) is 0 Å². The van der Waals surface area contributed by atoms with Crippen molar-refractivity contribution in [3.63, 3.8) is 0 Å². The smallest absolute Gasteiger partial charge is 0.326 e. The largest absolute Gasteiger partial charge is 0.495 e. The van der Waals surface area contributed by atoms with Crippen LogP contribution in [0.5, 0.6) is 11.5 Å². The van der Waals surface area contributed by atoms with Crippen LogP contribution < -0.4 is 19.0 Å². The Hall–Kier alpha value is -4.16. The number of benzene rings is 3. The van der Waals surface area contributed by atoms with Crippen LogP contribution in [0.25, 0.3) is 10.2 Å². The number of esters is 1. The van der Waals surface area contributed by atoms with E-state index in [0.29, 0.717) is 21.7 Å². The van der Waals surface area contributed by atoms with E-state index in [-0.39, 0.29) is 34.1 Å². The third-order valence-electron chi connectivity index (χ3n) is 5.40. The fourth-order valence-corrected chi connectivity index (χ4v) is 5.91. The van der Waals surface area contributed by atoms with Crippen LogP contribution in [0, 0.1) is 0 Å². The number of carbonyl (C=O) groups is 2. The number of anilines is 1. The summed E-state index contributed by atoms with van der Waals surface area (Å²) in [5.41, 5.74) is 0.882. The van der Waals surface area contributed by atoms with Crippen LogP contribution in [-0.2, 0) is 26.1 Å². The number of rotatable bonds is 9. The number of hydrogen-bond donors (Lipinski definition) is 1. The summed E-state index contributed by atoms with van der Waals surface area (Å²) in [5.74, 6) is -0.154. The molecule has 1 heterocycles. The van der Waals surface area contributed by atoms with E-state index in [9.17, 15) is 18.0 Å². The van der Waals surface area contributed by atoms with Gasteiger partial charge in [0.15, 0.2) is 4.80 Å². The van der Waals surface area contributed by atoms with E-state index >= 15 is 0 Å². The maximum Gasteiger partial charge on any atom is 0.326 e. The van der Waals surface area contributed by atoms with E-state index in [1.165, 1.54) is 44.6 Å². The second kappa shape index (κ2) is 11.5. The molecule has 3 aromatic carbocycles. The standard InChI is InChI=1S/C26H25N3O7S2/c1-4-36-22(30)16-29-23-20(34-2)13-14-21(35-3)24(23)37-26(29)27-25(31)17-9-8-10-18(15-17)28-38(32,33)19-11-6-5-7-12-19/h5-15,28H,4,16H2,1-3H3. The lowest BCUT2D eigenvalue weighted by molar-refractivity contribution is -0.143. The molecular weight excluding hydrogens is 530 g/mol. The molecule has 1 N–H and O–H groups in total. The Balaban J connectivity index is 1.77. The second-order valence-corrected chi connectivity index (χ2v) is 10.5. The van der Waals surface area contributed by atoms with Gasteiger partial charge in [0.25, 0.3) is 15.9 Å². The second-order valence-electron chi connectivity index (χ2n) is 7.84. The van der Waals surface area contributed by atoms with Gasteiger partial charge in [-0.05, 0) is 49.4 Å². The van der Waals surface area contributed by atoms with Crippen molar-refractivity contribution in [1.29, 1.82) is 0 Å². The maximum absolute atomic E-state index is 13.2. The van der Waals surface area contributed by atoms with Crippen LogP contribution in [-0.4, -0.2) is 45.7 Å². The lowest BCUT2D eigenvalue weighted by Gasteiger charge is -2.10. The van der Waals surface area contributed by atoms with Gasteiger partial charge in [-0.25, -0.2) is 8.42 Å². The van der Waals surface area contributed by atoms with Gasteiger partial charge in [0.05, 0.1) is 25.7 Å². The predicted molar refractivity (Wildman–Crippen MR) is 143 cm³/mol. The molecular formula is C26H25N3O7S2. The first kappa shape index (κ1) is 26.9. The number of sulfonamides is 1. The average molecular weight is 556 g/mol. The Morgan fingerprint density at radius 2 is 1.68 bits per heavy atom. The third-order valence-corrected chi connectivity index (χ3v) is 7.89. The highest BCUT2D eigenvalue weighted by molar-refractivity contribution is 7.92. The van der Waals surface area contributed by atoms with Crippen LogP contribution >= 0.6 is 11.3 Å². The molecule has 0 aliphatic carbocycles. The van der Waals surface area contributed by atoms with Gasteiger partial charge >= 0.3 is 5.97 Å². The quantitative estimate of drug-likeness (QED) is 0.311. The summed E-state index contributed by atoms with van der Waals surface area (Å²) >= 11 is 1.15. The summed E-state index contributed by atoms with van der Waals surface area (Å²) in [4.78, 5) is 30.2. The van der Waals surface area contributed by atoms with Crippen LogP contribution in [0.2, 0.25) is 0 Å². The molecule has 198 valence electrons. The van der Waals surface area contributed by atoms with E-state index in [0.717, 1.165) is 11.3 Å². The van der Waals surface area contributed by atoms with Crippen LogP contribution in [0.4, 0.5) is 5.69 Å². The van der Waals surface area contributed by atoms with Crippen molar-refractivity contribution in [3.8, 4) is 11.5 Å². The van der Waals surface area contributed by atoms with E-state index in [4.69, 9.17) is 14.2 Å². The lowest BCUT2D eigenvalue weighted by atomic mass is 10.2. The van der Waals surface area contributed by atoms with E-state index in [1.807, 2.05) is 0 Å². The van der Waals surface area contributed by atoms with Crippen molar-refractivity contribution in [1.82, 2.24) is 4.57 Å². The number of amides is 1. The van der Waals surface area contributed by atoms with Gasteiger partial charge in [0.1, 0.15) is 28.3 Å². The number of nitrogens with zero attached hydrogens (tertiary/aromatic N) is 2. The molecule has 10 nitrogen and oxygen atoms in total. The molecule has 0 saturated heterocycles. The highest BCUT2D eigenvalue weighted by atomic mass is 32.2. The Labute approximate surface area is 223 Å². The number of fused-ring (bicyclic) bond motifs is 1. The zero-order chi connectivity index (χ0) is 27.3. The highest BCUT2D eigenvalue weighted by Crippen LogP contribution is 2.35. The molecule has 0 bridgehead atoms. The molecule has 0 aliphatic rings. The van der Waals surface area contributed by atoms with Gasteiger partial charge in [-0.1, -0.05) is 35.6 Å². The van der Waals surface area contributed by atoms with Crippen LogP contribution in [0.15, 0.2) is 76.6 Å². The minimum absolute atomic E-state index is 0.0922. The van der Waals surface area contributed by atoms with Crippen LogP contribution in [0.3, 0.4) is 0 Å². The molecule has 0 atom stereocenters. The highest BCUT2D eigenvalue weighted by Gasteiger charge is 2.20. The van der Waals surface area contributed by atoms with Gasteiger partial charge in [-0.3, -0.25) is 14.3 Å². The monoisotopic (exact) mass is 555 g/mol. The maximum atomic E-state index is 13.2. The Morgan fingerprint density at radius 1 is 0.974 bits per heavy atom. The van der Waals surface area contributed by atoms with Crippen molar-refractivity contribution in [2.75, 3.05) is 25.5 Å². The van der Waals surface area contributed by atoms with Gasteiger partial charge in [0.2, 0.25) is 0 Å². The normalized spacial score (nSPS) is 11.8. The Bertz CT molecular complexity index is 1660.